The lowest BCUT2D eigenvalue weighted by Crippen LogP contribution is -2.77. The van der Waals surface area contributed by atoms with Crippen LogP contribution < -0.4 is 4.90 Å². The number of esters is 1. The number of rotatable bonds is 7. The second-order valence-corrected chi connectivity index (χ2v) is 5.39. The van der Waals surface area contributed by atoms with Gasteiger partial charge in [0.15, 0.2) is 0 Å². The van der Waals surface area contributed by atoms with E-state index in [0.29, 0.717) is 12.8 Å². The third-order valence-electron chi connectivity index (χ3n) is 3.90. The lowest BCUT2D eigenvalue weighted by Gasteiger charge is -2.58. The number of hydrogen-bond acceptors (Lipinski definition) is 4. The highest BCUT2D eigenvalue weighted by molar-refractivity contribution is 6.02. The molecule has 1 aliphatic rings. The van der Waals surface area contributed by atoms with Crippen molar-refractivity contribution in [2.24, 2.45) is 0 Å². The Kier molecular flexibility index (Phi) is 5.03. The van der Waals surface area contributed by atoms with Crippen LogP contribution in [0.4, 0.5) is 10.5 Å². The number of carbonyl (C=O) groups is 2. The van der Waals surface area contributed by atoms with Crippen LogP contribution >= 0.6 is 0 Å². The van der Waals surface area contributed by atoms with Crippen molar-refractivity contribution < 1.29 is 19.4 Å². The van der Waals surface area contributed by atoms with Gasteiger partial charge >= 0.3 is 12.0 Å². The molecule has 2 amide bonds. The molecule has 1 unspecified atom stereocenters. The number of hydrogen-bond donors (Lipinski definition) is 1. The van der Waals surface area contributed by atoms with Gasteiger partial charge in [0.05, 0.1) is 6.61 Å². The molecule has 22 heavy (non-hydrogen) atoms. The maximum Gasteiger partial charge on any atom is 0.328 e. The highest BCUT2D eigenvalue weighted by Gasteiger charge is 2.55. The molecular formula is C16H22N2O4. The molecule has 0 aliphatic carbocycles. The topological polar surface area (TPSA) is 70.1 Å². The van der Waals surface area contributed by atoms with Gasteiger partial charge in [0, 0.05) is 12.3 Å². The third-order valence-corrected chi connectivity index (χ3v) is 3.90. The van der Waals surface area contributed by atoms with Gasteiger partial charge in [-0.1, -0.05) is 18.2 Å². The zero-order chi connectivity index (χ0) is 16.2. The van der Waals surface area contributed by atoms with Gasteiger partial charge in [-0.25, -0.2) is 4.79 Å². The fourth-order valence-corrected chi connectivity index (χ4v) is 2.81. The highest BCUT2D eigenvalue weighted by Crippen LogP contribution is 2.40. The Balaban J connectivity index is 2.21. The number of urea groups is 1. The van der Waals surface area contributed by atoms with Crippen LogP contribution in [-0.4, -0.2) is 47.4 Å². The van der Waals surface area contributed by atoms with E-state index in [1.165, 1.54) is 4.90 Å². The van der Waals surface area contributed by atoms with Crippen LogP contribution in [0.25, 0.3) is 0 Å². The fraction of sp³-hybridized carbons (Fsp3) is 0.500. The van der Waals surface area contributed by atoms with Crippen molar-refractivity contribution in [3.05, 3.63) is 30.3 Å². The second-order valence-electron chi connectivity index (χ2n) is 5.39. The summed E-state index contributed by atoms with van der Waals surface area (Å²) in [7, 11) is 0. The third kappa shape index (κ3) is 2.92. The summed E-state index contributed by atoms with van der Waals surface area (Å²) in [5.74, 6) is -0.418. The molecule has 1 aromatic carbocycles. The van der Waals surface area contributed by atoms with Crippen LogP contribution in [-0.2, 0) is 9.53 Å². The monoisotopic (exact) mass is 306 g/mol. The molecule has 6 heteroatoms. The van der Waals surface area contributed by atoms with Crippen molar-refractivity contribution in [1.82, 2.24) is 4.90 Å². The van der Waals surface area contributed by atoms with Crippen molar-refractivity contribution >= 4 is 17.7 Å². The predicted molar refractivity (Wildman–Crippen MR) is 82.4 cm³/mol. The van der Waals surface area contributed by atoms with Crippen LogP contribution in [0.3, 0.4) is 0 Å². The Morgan fingerprint density at radius 2 is 2.00 bits per heavy atom. The smallest absolute Gasteiger partial charge is 0.328 e. The van der Waals surface area contributed by atoms with Crippen LogP contribution in [0.15, 0.2) is 30.3 Å². The molecule has 1 N–H and O–H groups in total. The van der Waals surface area contributed by atoms with Crippen molar-refractivity contribution in [3.8, 4) is 0 Å². The lowest BCUT2D eigenvalue weighted by atomic mass is 9.95. The van der Waals surface area contributed by atoms with E-state index < -0.39 is 11.6 Å². The van der Waals surface area contributed by atoms with Gasteiger partial charge in [0.1, 0.15) is 12.2 Å². The summed E-state index contributed by atoms with van der Waals surface area (Å²) in [6.45, 7) is 3.89. The summed E-state index contributed by atoms with van der Waals surface area (Å²) in [5, 5.41) is 9.11. The van der Waals surface area contributed by atoms with E-state index in [4.69, 9.17) is 9.84 Å². The van der Waals surface area contributed by atoms with E-state index in [-0.39, 0.29) is 25.8 Å². The molecule has 0 bridgehead atoms. The van der Waals surface area contributed by atoms with Gasteiger partial charge in [-0.15, -0.1) is 0 Å². The van der Waals surface area contributed by atoms with Gasteiger partial charge in [0.2, 0.25) is 0 Å². The number of amides is 2. The Morgan fingerprint density at radius 1 is 1.32 bits per heavy atom. The van der Waals surface area contributed by atoms with Gasteiger partial charge in [-0.3, -0.25) is 14.6 Å². The Bertz CT molecular complexity index is 534. The molecule has 2 rings (SSSR count). The fourth-order valence-electron chi connectivity index (χ4n) is 2.81. The number of anilines is 1. The maximum atomic E-state index is 12.5. The van der Waals surface area contributed by atoms with E-state index in [1.807, 2.05) is 37.3 Å². The molecule has 1 saturated heterocycles. The quantitative estimate of drug-likeness (QED) is 0.782. The number of aliphatic hydroxyl groups excluding tert-OH is 1. The average Bonchev–Trinajstić information content (AvgIpc) is 2.52. The van der Waals surface area contributed by atoms with Gasteiger partial charge in [-0.05, 0) is 38.8 Å². The predicted octanol–water partition coefficient (Wildman–Crippen LogP) is 1.98. The van der Waals surface area contributed by atoms with Crippen LogP contribution in [0.2, 0.25) is 0 Å². The minimum atomic E-state index is -0.631. The SMILES string of the molecule is CCOC(=O)CN1C(=O)N(c2ccccc2)C1(C)CCCO. The van der Waals surface area contributed by atoms with Crippen molar-refractivity contribution in [3.63, 3.8) is 0 Å². The Labute approximate surface area is 130 Å². The van der Waals surface area contributed by atoms with E-state index in [1.54, 1.807) is 11.8 Å². The summed E-state index contributed by atoms with van der Waals surface area (Å²) in [6, 6.07) is 9.11. The minimum absolute atomic E-state index is 0.0413. The number of ether oxygens (including phenoxy) is 1. The van der Waals surface area contributed by atoms with E-state index >= 15 is 0 Å². The summed E-state index contributed by atoms with van der Waals surface area (Å²) in [6.07, 6.45) is 1.12. The van der Waals surface area contributed by atoms with Crippen molar-refractivity contribution in [2.75, 3.05) is 24.7 Å². The standard InChI is InChI=1S/C16H22N2O4/c1-3-22-14(20)12-17-15(21)18(13-8-5-4-6-9-13)16(17,2)10-7-11-19/h4-6,8-9,19H,3,7,10-12H2,1-2H3. The normalized spacial score (nSPS) is 20.8. The maximum absolute atomic E-state index is 12.5. The van der Waals surface area contributed by atoms with Crippen LogP contribution in [0, 0.1) is 0 Å². The second kappa shape index (κ2) is 6.79. The number of carbonyl (C=O) groups excluding carboxylic acids is 2. The first-order valence-electron chi connectivity index (χ1n) is 7.48. The van der Waals surface area contributed by atoms with Gasteiger partial charge in [-0.2, -0.15) is 0 Å². The molecule has 0 aromatic heterocycles. The van der Waals surface area contributed by atoms with E-state index in [9.17, 15) is 9.59 Å². The average molecular weight is 306 g/mol. The summed E-state index contributed by atoms with van der Waals surface area (Å²) < 4.78 is 4.93. The molecule has 0 saturated carbocycles. The van der Waals surface area contributed by atoms with E-state index in [2.05, 4.69) is 0 Å². The van der Waals surface area contributed by atoms with Gasteiger partial charge in [0.25, 0.3) is 0 Å². The zero-order valence-electron chi connectivity index (χ0n) is 13.0. The first-order valence-corrected chi connectivity index (χ1v) is 7.48. The lowest BCUT2D eigenvalue weighted by molar-refractivity contribution is -0.146. The first kappa shape index (κ1) is 16.3. The molecule has 0 spiro atoms. The van der Waals surface area contributed by atoms with Crippen LogP contribution in [0.5, 0.6) is 0 Å². The van der Waals surface area contributed by atoms with Crippen LogP contribution in [0.1, 0.15) is 26.7 Å². The molecule has 1 heterocycles. The minimum Gasteiger partial charge on any atom is -0.465 e. The van der Waals surface area contributed by atoms with Crippen molar-refractivity contribution in [1.29, 1.82) is 0 Å². The highest BCUT2D eigenvalue weighted by atomic mass is 16.5. The summed E-state index contributed by atoms with van der Waals surface area (Å²) in [5.41, 5.74) is 0.154. The Hall–Kier alpha value is -2.08. The molecule has 6 nitrogen and oxygen atoms in total. The Morgan fingerprint density at radius 3 is 2.59 bits per heavy atom. The number of nitrogens with zero attached hydrogens (tertiary/aromatic N) is 2. The van der Waals surface area contributed by atoms with Crippen molar-refractivity contribution in [2.45, 2.75) is 32.4 Å². The zero-order valence-corrected chi connectivity index (χ0v) is 13.0. The molecule has 0 radical (unpaired) electrons. The van der Waals surface area contributed by atoms with E-state index in [0.717, 1.165) is 5.69 Å². The van der Waals surface area contributed by atoms with Gasteiger partial charge < -0.3 is 9.84 Å². The number of aliphatic hydroxyl groups is 1. The molecule has 1 fully saturated rings. The molecule has 1 aromatic rings. The first-order chi connectivity index (χ1) is 10.5. The molecule has 1 atom stereocenters. The number of para-hydroxylation sites is 1. The molecule has 120 valence electrons. The number of benzene rings is 1. The summed E-state index contributed by atoms with van der Waals surface area (Å²) in [4.78, 5) is 27.4. The largest absolute Gasteiger partial charge is 0.465 e. The summed E-state index contributed by atoms with van der Waals surface area (Å²) >= 11 is 0. The molecular weight excluding hydrogens is 284 g/mol. The molecule has 1 aliphatic heterocycles.